The molecule has 0 unspecified atom stereocenters. The number of hydrogen-bond donors (Lipinski definition) is 1. The fourth-order valence-electron chi connectivity index (χ4n) is 4.22. The summed E-state index contributed by atoms with van der Waals surface area (Å²) >= 11 is 0. The van der Waals surface area contributed by atoms with E-state index in [1.165, 1.54) is 6.33 Å². The maximum absolute atomic E-state index is 12.9. The molecule has 34 heavy (non-hydrogen) atoms. The molecule has 4 aromatic rings. The second-order valence-electron chi connectivity index (χ2n) is 8.32. The fraction of sp³-hybridized carbons (Fsp3) is 0.280. The van der Waals surface area contributed by atoms with Crippen LogP contribution in [0.3, 0.4) is 0 Å². The molecule has 1 fully saturated rings. The van der Waals surface area contributed by atoms with E-state index in [2.05, 4.69) is 25.3 Å². The molecule has 9 heteroatoms. The molecule has 1 saturated heterocycles. The lowest BCUT2D eigenvalue weighted by atomic mass is 10.1. The zero-order valence-corrected chi connectivity index (χ0v) is 19.3. The summed E-state index contributed by atoms with van der Waals surface area (Å²) in [7, 11) is 1.65. The number of nitrogens with one attached hydrogen (secondary N) is 1. The van der Waals surface area contributed by atoms with Crippen molar-refractivity contribution >= 4 is 23.3 Å². The van der Waals surface area contributed by atoms with Crippen LogP contribution in [0.4, 0.5) is 16.3 Å². The summed E-state index contributed by atoms with van der Waals surface area (Å²) in [5, 5.41) is 7.46. The Kier molecular flexibility index (Phi) is 5.99. The molecule has 174 valence electrons. The maximum atomic E-state index is 12.9. The van der Waals surface area contributed by atoms with Crippen LogP contribution in [0.2, 0.25) is 0 Å². The van der Waals surface area contributed by atoms with Crippen LogP contribution in [0, 0.1) is 6.92 Å². The molecule has 2 amide bonds. The third-order valence-corrected chi connectivity index (χ3v) is 6.07. The Hall–Kier alpha value is -4.14. The first kappa shape index (κ1) is 21.7. The first-order valence-electron chi connectivity index (χ1n) is 11.3. The van der Waals surface area contributed by atoms with Crippen molar-refractivity contribution in [3.8, 4) is 16.9 Å². The molecule has 0 saturated carbocycles. The lowest BCUT2D eigenvalue weighted by Crippen LogP contribution is -2.38. The van der Waals surface area contributed by atoms with Crippen molar-refractivity contribution < 1.29 is 9.53 Å². The number of aromatic nitrogens is 4. The SMILES string of the molecule is COc1ccc(-c2cnc3ncnn3c2N2CCCN(C(=O)Nc3ccc(C)cc3)CC2)cc1. The van der Waals surface area contributed by atoms with Gasteiger partial charge in [0.25, 0.3) is 5.78 Å². The molecule has 1 aliphatic rings. The van der Waals surface area contributed by atoms with Gasteiger partial charge >= 0.3 is 6.03 Å². The smallest absolute Gasteiger partial charge is 0.321 e. The summed E-state index contributed by atoms with van der Waals surface area (Å²) in [5.74, 6) is 2.27. The number of hydrogen-bond acceptors (Lipinski definition) is 6. The number of nitrogens with zero attached hydrogens (tertiary/aromatic N) is 6. The maximum Gasteiger partial charge on any atom is 0.321 e. The van der Waals surface area contributed by atoms with Gasteiger partial charge in [0.05, 0.1) is 7.11 Å². The van der Waals surface area contributed by atoms with Gasteiger partial charge in [-0.1, -0.05) is 29.8 Å². The number of carbonyl (C=O) groups excluding carboxylic acids is 1. The summed E-state index contributed by atoms with van der Waals surface area (Å²) < 4.78 is 7.09. The van der Waals surface area contributed by atoms with E-state index in [0.717, 1.165) is 46.9 Å². The average molecular weight is 458 g/mol. The third-order valence-electron chi connectivity index (χ3n) is 6.07. The van der Waals surface area contributed by atoms with Crippen LogP contribution >= 0.6 is 0 Å². The van der Waals surface area contributed by atoms with Crippen molar-refractivity contribution in [1.29, 1.82) is 0 Å². The fourth-order valence-corrected chi connectivity index (χ4v) is 4.22. The summed E-state index contributed by atoms with van der Waals surface area (Å²) in [6.45, 7) is 4.76. The van der Waals surface area contributed by atoms with E-state index in [-0.39, 0.29) is 6.03 Å². The van der Waals surface area contributed by atoms with Gasteiger partial charge in [-0.2, -0.15) is 14.6 Å². The van der Waals surface area contributed by atoms with Crippen LogP contribution in [0.15, 0.2) is 61.1 Å². The zero-order valence-electron chi connectivity index (χ0n) is 19.3. The third kappa shape index (κ3) is 4.36. The highest BCUT2D eigenvalue weighted by Gasteiger charge is 2.24. The predicted molar refractivity (Wildman–Crippen MR) is 131 cm³/mol. The summed E-state index contributed by atoms with van der Waals surface area (Å²) in [4.78, 5) is 25.8. The highest BCUT2D eigenvalue weighted by Crippen LogP contribution is 2.32. The van der Waals surface area contributed by atoms with Crippen LogP contribution in [0.1, 0.15) is 12.0 Å². The predicted octanol–water partition coefficient (Wildman–Crippen LogP) is 3.85. The quantitative estimate of drug-likeness (QED) is 0.501. The van der Waals surface area contributed by atoms with Crippen molar-refractivity contribution in [2.24, 2.45) is 0 Å². The monoisotopic (exact) mass is 457 g/mol. The number of aryl methyl sites for hydroxylation is 1. The van der Waals surface area contributed by atoms with Crippen LogP contribution in [-0.4, -0.2) is 63.8 Å². The normalized spacial score (nSPS) is 14.2. The standard InChI is InChI=1S/C25H27N7O2/c1-18-4-8-20(9-5-18)29-25(33)31-13-3-12-30(14-15-31)23-22(16-26-24-27-17-28-32(23)24)19-6-10-21(34-2)11-7-19/h4-11,16-17H,3,12-15H2,1-2H3,(H,29,33). The van der Waals surface area contributed by atoms with Gasteiger partial charge in [-0.25, -0.2) is 9.78 Å². The van der Waals surface area contributed by atoms with Crippen LogP contribution in [-0.2, 0) is 0 Å². The zero-order chi connectivity index (χ0) is 23.5. The molecule has 9 nitrogen and oxygen atoms in total. The van der Waals surface area contributed by atoms with Gasteiger partial charge in [0.1, 0.15) is 17.9 Å². The first-order chi connectivity index (χ1) is 16.6. The number of carbonyl (C=O) groups is 1. The Morgan fingerprint density at radius 3 is 2.53 bits per heavy atom. The molecule has 1 aliphatic heterocycles. The number of benzene rings is 2. The van der Waals surface area contributed by atoms with Crippen molar-refractivity contribution in [2.45, 2.75) is 13.3 Å². The molecule has 1 N–H and O–H groups in total. The molecular weight excluding hydrogens is 430 g/mol. The van der Waals surface area contributed by atoms with Gasteiger partial charge in [0, 0.05) is 43.6 Å². The minimum absolute atomic E-state index is 0.0817. The first-order valence-corrected chi connectivity index (χ1v) is 11.3. The van der Waals surface area contributed by atoms with E-state index in [4.69, 9.17) is 4.74 Å². The van der Waals surface area contributed by atoms with E-state index >= 15 is 0 Å². The Labute approximate surface area is 198 Å². The second kappa shape index (κ2) is 9.38. The van der Waals surface area contributed by atoms with Crippen LogP contribution in [0.25, 0.3) is 16.9 Å². The lowest BCUT2D eigenvalue weighted by molar-refractivity contribution is 0.215. The number of fused-ring (bicyclic) bond motifs is 1. The van der Waals surface area contributed by atoms with Gasteiger partial charge in [-0.15, -0.1) is 0 Å². The molecule has 0 bridgehead atoms. The highest BCUT2D eigenvalue weighted by atomic mass is 16.5. The van der Waals surface area contributed by atoms with E-state index in [9.17, 15) is 4.79 Å². The van der Waals surface area contributed by atoms with Gasteiger partial charge in [-0.3, -0.25) is 0 Å². The molecule has 2 aromatic heterocycles. The molecule has 0 radical (unpaired) electrons. The van der Waals surface area contributed by atoms with Crippen molar-refractivity contribution in [2.75, 3.05) is 43.5 Å². The van der Waals surface area contributed by atoms with Crippen LogP contribution in [0.5, 0.6) is 5.75 Å². The number of amides is 2. The van der Waals surface area contributed by atoms with E-state index in [0.29, 0.717) is 25.4 Å². The van der Waals surface area contributed by atoms with E-state index < -0.39 is 0 Å². The molecule has 5 rings (SSSR count). The minimum atomic E-state index is -0.0817. The number of urea groups is 1. The number of rotatable bonds is 4. The van der Waals surface area contributed by atoms with E-state index in [1.807, 2.05) is 66.6 Å². The minimum Gasteiger partial charge on any atom is -0.497 e. The Morgan fingerprint density at radius 2 is 1.76 bits per heavy atom. The van der Waals surface area contributed by atoms with Gasteiger partial charge in [0.15, 0.2) is 0 Å². The Morgan fingerprint density at radius 1 is 0.971 bits per heavy atom. The number of methoxy groups -OCH3 is 1. The average Bonchev–Trinajstić information content (AvgIpc) is 3.21. The lowest BCUT2D eigenvalue weighted by Gasteiger charge is -2.26. The highest BCUT2D eigenvalue weighted by molar-refractivity contribution is 5.89. The van der Waals surface area contributed by atoms with Crippen molar-refractivity contribution in [1.82, 2.24) is 24.5 Å². The summed E-state index contributed by atoms with van der Waals surface area (Å²) in [6, 6.07) is 15.7. The largest absolute Gasteiger partial charge is 0.497 e. The molecular formula is C25H27N7O2. The number of ether oxygens (including phenoxy) is 1. The second-order valence-corrected chi connectivity index (χ2v) is 8.32. The molecule has 0 atom stereocenters. The van der Waals surface area contributed by atoms with Gasteiger partial charge < -0.3 is 19.9 Å². The molecule has 0 aliphatic carbocycles. The summed E-state index contributed by atoms with van der Waals surface area (Å²) in [5.41, 5.74) is 3.93. The number of anilines is 2. The molecule has 3 heterocycles. The van der Waals surface area contributed by atoms with Crippen molar-refractivity contribution in [3.05, 3.63) is 66.6 Å². The van der Waals surface area contributed by atoms with Gasteiger partial charge in [-0.05, 0) is 43.2 Å². The van der Waals surface area contributed by atoms with E-state index in [1.54, 1.807) is 11.6 Å². The Balaban J connectivity index is 1.39. The topological polar surface area (TPSA) is 87.9 Å². The van der Waals surface area contributed by atoms with Crippen LogP contribution < -0.4 is 15.0 Å². The molecule has 0 spiro atoms. The van der Waals surface area contributed by atoms with Crippen molar-refractivity contribution in [3.63, 3.8) is 0 Å². The summed E-state index contributed by atoms with van der Waals surface area (Å²) in [6.07, 6.45) is 4.19. The van der Waals surface area contributed by atoms with Gasteiger partial charge in [0.2, 0.25) is 0 Å². The Bertz CT molecular complexity index is 1290. The molecule has 2 aromatic carbocycles.